The van der Waals surface area contributed by atoms with Crippen molar-refractivity contribution in [3.05, 3.63) is 0 Å². The average molecular weight is 269 g/mol. The van der Waals surface area contributed by atoms with E-state index in [0.717, 1.165) is 25.0 Å². The normalized spacial score (nSPS) is 26.8. The molecule has 0 heterocycles. The molecule has 2 heteroatoms. The summed E-state index contributed by atoms with van der Waals surface area (Å²) in [4.78, 5) is 0. The van der Waals surface area contributed by atoms with Crippen molar-refractivity contribution in [1.29, 1.82) is 0 Å². The maximum atomic E-state index is 5.49. The van der Waals surface area contributed by atoms with Crippen LogP contribution >= 0.6 is 0 Å². The van der Waals surface area contributed by atoms with E-state index >= 15 is 0 Å². The van der Waals surface area contributed by atoms with Gasteiger partial charge in [-0.05, 0) is 62.8 Å². The SMILES string of the molecule is CCOCCCC1CC(C)(C)CCC1CNC(C)C. The third kappa shape index (κ3) is 6.76. The van der Waals surface area contributed by atoms with Crippen LogP contribution in [0.5, 0.6) is 0 Å². The molecule has 2 unspecified atom stereocenters. The highest BCUT2D eigenvalue weighted by Crippen LogP contribution is 2.43. The summed E-state index contributed by atoms with van der Waals surface area (Å²) < 4.78 is 5.49. The van der Waals surface area contributed by atoms with Crippen molar-refractivity contribution in [2.75, 3.05) is 19.8 Å². The van der Waals surface area contributed by atoms with Gasteiger partial charge in [-0.15, -0.1) is 0 Å². The quantitative estimate of drug-likeness (QED) is 0.665. The lowest BCUT2D eigenvalue weighted by Gasteiger charge is -2.41. The van der Waals surface area contributed by atoms with Crippen LogP contribution in [0.3, 0.4) is 0 Å². The number of rotatable bonds is 8. The smallest absolute Gasteiger partial charge is 0.0465 e. The Kier molecular flexibility index (Phi) is 7.38. The molecule has 19 heavy (non-hydrogen) atoms. The van der Waals surface area contributed by atoms with Crippen LogP contribution < -0.4 is 5.32 Å². The molecule has 0 saturated heterocycles. The van der Waals surface area contributed by atoms with Crippen molar-refractivity contribution in [3.8, 4) is 0 Å². The molecule has 114 valence electrons. The van der Waals surface area contributed by atoms with E-state index < -0.39 is 0 Å². The summed E-state index contributed by atoms with van der Waals surface area (Å²) in [6.45, 7) is 14.5. The van der Waals surface area contributed by atoms with Crippen molar-refractivity contribution in [3.63, 3.8) is 0 Å². The summed E-state index contributed by atoms with van der Waals surface area (Å²) in [6, 6.07) is 0.610. The molecule has 0 aromatic rings. The Morgan fingerprint density at radius 2 is 2.00 bits per heavy atom. The molecule has 2 nitrogen and oxygen atoms in total. The number of nitrogens with one attached hydrogen (secondary N) is 1. The van der Waals surface area contributed by atoms with Crippen molar-refractivity contribution < 1.29 is 4.74 Å². The van der Waals surface area contributed by atoms with Gasteiger partial charge >= 0.3 is 0 Å². The number of hydrogen-bond donors (Lipinski definition) is 1. The Balaban J connectivity index is 2.41. The van der Waals surface area contributed by atoms with Crippen LogP contribution in [0.15, 0.2) is 0 Å². The second kappa shape index (κ2) is 8.26. The highest BCUT2D eigenvalue weighted by atomic mass is 16.5. The monoisotopic (exact) mass is 269 g/mol. The fourth-order valence-corrected chi connectivity index (χ4v) is 3.38. The van der Waals surface area contributed by atoms with E-state index in [1.807, 2.05) is 0 Å². The van der Waals surface area contributed by atoms with Gasteiger partial charge in [0.25, 0.3) is 0 Å². The minimum atomic E-state index is 0.546. The van der Waals surface area contributed by atoms with Crippen molar-refractivity contribution in [2.45, 2.75) is 72.8 Å². The van der Waals surface area contributed by atoms with Gasteiger partial charge in [0.1, 0.15) is 0 Å². The second-order valence-electron chi connectivity index (χ2n) is 7.33. The van der Waals surface area contributed by atoms with Crippen LogP contribution in [0.4, 0.5) is 0 Å². The van der Waals surface area contributed by atoms with Gasteiger partial charge in [-0.1, -0.05) is 27.7 Å². The zero-order valence-corrected chi connectivity index (χ0v) is 13.8. The molecule has 0 aromatic heterocycles. The fraction of sp³-hybridized carbons (Fsp3) is 1.00. The first kappa shape index (κ1) is 17.0. The molecule has 1 rings (SSSR count). The van der Waals surface area contributed by atoms with Gasteiger partial charge in [-0.3, -0.25) is 0 Å². The van der Waals surface area contributed by atoms with Crippen LogP contribution in [-0.2, 0) is 4.74 Å². The van der Waals surface area contributed by atoms with Crippen LogP contribution in [-0.4, -0.2) is 25.8 Å². The van der Waals surface area contributed by atoms with E-state index in [-0.39, 0.29) is 0 Å². The van der Waals surface area contributed by atoms with E-state index in [1.54, 1.807) is 0 Å². The molecule has 1 N–H and O–H groups in total. The second-order valence-corrected chi connectivity index (χ2v) is 7.33. The predicted octanol–water partition coefficient (Wildman–Crippen LogP) is 4.24. The molecule has 0 amide bonds. The largest absolute Gasteiger partial charge is 0.382 e. The standard InChI is InChI=1S/C17H35NO/c1-6-19-11-7-8-15-12-17(4,5)10-9-16(15)13-18-14(2)3/h14-16,18H,6-13H2,1-5H3. The van der Waals surface area contributed by atoms with Crippen LogP contribution in [0, 0.1) is 17.3 Å². The van der Waals surface area contributed by atoms with E-state index in [9.17, 15) is 0 Å². The van der Waals surface area contributed by atoms with E-state index in [2.05, 4.69) is 39.9 Å². The van der Waals surface area contributed by atoms with Crippen LogP contribution in [0.2, 0.25) is 0 Å². The van der Waals surface area contributed by atoms with E-state index in [0.29, 0.717) is 11.5 Å². The van der Waals surface area contributed by atoms with Gasteiger partial charge in [0.15, 0.2) is 0 Å². The minimum absolute atomic E-state index is 0.546. The Labute approximate surface area is 120 Å². The summed E-state index contributed by atoms with van der Waals surface area (Å²) >= 11 is 0. The zero-order valence-electron chi connectivity index (χ0n) is 13.8. The first-order valence-electron chi connectivity index (χ1n) is 8.25. The predicted molar refractivity (Wildman–Crippen MR) is 83.5 cm³/mol. The Hall–Kier alpha value is -0.0800. The topological polar surface area (TPSA) is 21.3 Å². The Morgan fingerprint density at radius 1 is 1.26 bits per heavy atom. The third-order valence-electron chi connectivity index (χ3n) is 4.53. The van der Waals surface area contributed by atoms with Crippen molar-refractivity contribution in [2.24, 2.45) is 17.3 Å². The fourth-order valence-electron chi connectivity index (χ4n) is 3.38. The van der Waals surface area contributed by atoms with Crippen LogP contribution in [0.1, 0.15) is 66.7 Å². The summed E-state index contributed by atoms with van der Waals surface area (Å²) in [5.41, 5.74) is 0.546. The summed E-state index contributed by atoms with van der Waals surface area (Å²) in [7, 11) is 0. The first-order chi connectivity index (χ1) is 8.94. The maximum absolute atomic E-state index is 5.49. The molecule has 0 bridgehead atoms. The van der Waals surface area contributed by atoms with Gasteiger partial charge in [-0.2, -0.15) is 0 Å². The molecule has 1 saturated carbocycles. The van der Waals surface area contributed by atoms with E-state index in [4.69, 9.17) is 4.74 Å². The number of hydrogen-bond acceptors (Lipinski definition) is 2. The summed E-state index contributed by atoms with van der Waals surface area (Å²) in [6.07, 6.45) is 6.75. The van der Waals surface area contributed by atoms with Crippen molar-refractivity contribution in [1.82, 2.24) is 5.32 Å². The van der Waals surface area contributed by atoms with Gasteiger partial charge in [0.05, 0.1) is 0 Å². The molecule has 0 spiro atoms. The molecule has 1 aliphatic rings. The third-order valence-corrected chi connectivity index (χ3v) is 4.53. The van der Waals surface area contributed by atoms with Crippen molar-refractivity contribution >= 4 is 0 Å². The lowest BCUT2D eigenvalue weighted by atomic mass is 9.66. The minimum Gasteiger partial charge on any atom is -0.382 e. The molecule has 1 aliphatic carbocycles. The zero-order chi connectivity index (χ0) is 14.3. The van der Waals surface area contributed by atoms with Crippen LogP contribution in [0.25, 0.3) is 0 Å². The molecule has 1 fully saturated rings. The summed E-state index contributed by atoms with van der Waals surface area (Å²) in [5.74, 6) is 1.76. The molecular formula is C17H35NO. The highest BCUT2D eigenvalue weighted by Gasteiger charge is 2.34. The summed E-state index contributed by atoms with van der Waals surface area (Å²) in [5, 5.41) is 3.64. The molecule has 0 aliphatic heterocycles. The molecule has 0 radical (unpaired) electrons. The van der Waals surface area contributed by atoms with E-state index in [1.165, 1.54) is 38.6 Å². The molecular weight excluding hydrogens is 234 g/mol. The van der Waals surface area contributed by atoms with Gasteiger partial charge in [-0.25, -0.2) is 0 Å². The molecule has 2 atom stereocenters. The van der Waals surface area contributed by atoms with Gasteiger partial charge in [0, 0.05) is 19.3 Å². The Morgan fingerprint density at radius 3 is 2.63 bits per heavy atom. The average Bonchev–Trinajstić information content (AvgIpc) is 2.32. The molecule has 0 aromatic carbocycles. The lowest BCUT2D eigenvalue weighted by molar-refractivity contribution is 0.0899. The number of ether oxygens (including phenoxy) is 1. The first-order valence-corrected chi connectivity index (χ1v) is 8.25. The maximum Gasteiger partial charge on any atom is 0.0465 e. The Bertz CT molecular complexity index is 235. The lowest BCUT2D eigenvalue weighted by Crippen LogP contribution is -2.38. The highest BCUT2D eigenvalue weighted by molar-refractivity contribution is 4.86. The van der Waals surface area contributed by atoms with Gasteiger partial charge < -0.3 is 10.1 Å². The van der Waals surface area contributed by atoms with Gasteiger partial charge in [0.2, 0.25) is 0 Å².